The van der Waals surface area contributed by atoms with Crippen molar-refractivity contribution in [2.24, 2.45) is 0 Å². The highest BCUT2D eigenvalue weighted by Gasteiger charge is 2.25. The molecule has 0 aliphatic heterocycles. The van der Waals surface area contributed by atoms with Gasteiger partial charge in [-0.1, -0.05) is 292 Å². The van der Waals surface area contributed by atoms with Crippen molar-refractivity contribution in [1.29, 1.82) is 0 Å². The van der Waals surface area contributed by atoms with Gasteiger partial charge in [0, 0.05) is 12.8 Å². The summed E-state index contributed by atoms with van der Waals surface area (Å²) < 4.78 is 23.0. The lowest BCUT2D eigenvalue weighted by Gasteiger charge is -2.25. The van der Waals surface area contributed by atoms with Crippen molar-refractivity contribution in [2.75, 3.05) is 47.5 Å². The zero-order valence-electron chi connectivity index (χ0n) is 52.3. The number of hydrogen-bond donors (Lipinski definition) is 1. The molecule has 0 amide bonds. The molecule has 0 bridgehead atoms. The number of rotatable bonds is 61. The Labute approximate surface area is 487 Å². The molecule has 0 rings (SSSR count). The fourth-order valence-electron chi connectivity index (χ4n) is 9.43. The number of hydrogen-bond acceptors (Lipinski definition) is 7. The van der Waals surface area contributed by atoms with Crippen molar-refractivity contribution in [3.63, 3.8) is 0 Å². The lowest BCUT2D eigenvalue weighted by atomic mass is 10.0. The highest BCUT2D eigenvalue weighted by Crippen LogP contribution is 2.18. The molecule has 1 N–H and O–H groups in total. The van der Waals surface area contributed by atoms with Crippen LogP contribution in [0.15, 0.2) is 72.9 Å². The molecule has 0 aromatic carbocycles. The number of esters is 2. The van der Waals surface area contributed by atoms with Crippen LogP contribution in [0.25, 0.3) is 0 Å². The zero-order valence-corrected chi connectivity index (χ0v) is 52.3. The lowest BCUT2D eigenvalue weighted by molar-refractivity contribution is -0.870. The van der Waals surface area contributed by atoms with Crippen molar-refractivity contribution in [3.8, 4) is 0 Å². The van der Waals surface area contributed by atoms with Gasteiger partial charge in [-0.15, -0.1) is 0 Å². The Bertz CT molecular complexity index is 1520. The first kappa shape index (κ1) is 75.7. The van der Waals surface area contributed by atoms with E-state index in [1.165, 1.54) is 186 Å². The minimum Gasteiger partial charge on any atom is -0.477 e. The van der Waals surface area contributed by atoms with Gasteiger partial charge in [-0.3, -0.25) is 9.59 Å². The molecule has 0 fully saturated rings. The Morgan fingerprint density at radius 2 is 0.722 bits per heavy atom. The number of quaternary nitrogens is 1. The van der Waals surface area contributed by atoms with E-state index in [4.69, 9.17) is 18.9 Å². The van der Waals surface area contributed by atoms with Gasteiger partial charge in [-0.25, -0.2) is 4.79 Å². The first-order chi connectivity index (χ1) is 38.6. The van der Waals surface area contributed by atoms with Crippen molar-refractivity contribution in [1.82, 2.24) is 0 Å². The first-order valence-corrected chi connectivity index (χ1v) is 33.1. The average molecular weight is 1110 g/mol. The summed E-state index contributed by atoms with van der Waals surface area (Å²) in [5, 5.41) is 9.73. The molecule has 2 atom stereocenters. The number of carboxylic acid groups (broad SMARTS) is 1. The van der Waals surface area contributed by atoms with E-state index < -0.39 is 24.3 Å². The molecule has 0 aromatic heterocycles. The SMILES string of the molecule is CC/C=C\C/C=C\C/C=C\C/C=C\C/C=C\C/C=C\CCCCCCCCCCCCCCC(=O)OC(COC(=O)CCCCCCCCCCCCCCCCCCCCCCCCC)COC(OCC[N+](C)(C)C)C(=O)O. The molecular weight excluding hydrogens is 983 g/mol. The normalized spacial score (nSPS) is 13.2. The molecule has 9 heteroatoms. The second kappa shape index (κ2) is 60.8. The van der Waals surface area contributed by atoms with Gasteiger partial charge in [0.1, 0.15) is 13.2 Å². The maximum atomic E-state index is 12.9. The Hall–Kier alpha value is -3.27. The number of aliphatic carboxylic acids is 1. The summed E-state index contributed by atoms with van der Waals surface area (Å²) >= 11 is 0. The summed E-state index contributed by atoms with van der Waals surface area (Å²) in [5.74, 6) is -1.99. The molecule has 79 heavy (non-hydrogen) atoms. The van der Waals surface area contributed by atoms with Gasteiger partial charge in [-0.05, 0) is 64.2 Å². The minimum absolute atomic E-state index is 0.181. The Morgan fingerprint density at radius 1 is 0.392 bits per heavy atom. The number of carbonyl (C=O) groups is 3. The summed E-state index contributed by atoms with van der Waals surface area (Å²) in [4.78, 5) is 37.6. The number of allylic oxidation sites excluding steroid dienone is 12. The minimum atomic E-state index is -1.51. The van der Waals surface area contributed by atoms with Crippen LogP contribution in [-0.2, 0) is 33.3 Å². The van der Waals surface area contributed by atoms with E-state index in [0.717, 1.165) is 83.5 Å². The predicted molar refractivity (Wildman–Crippen MR) is 336 cm³/mol. The molecule has 458 valence electrons. The number of unbranched alkanes of at least 4 members (excludes halogenated alkanes) is 34. The van der Waals surface area contributed by atoms with Crippen molar-refractivity contribution < 1.29 is 42.9 Å². The third-order valence-corrected chi connectivity index (χ3v) is 14.5. The molecular formula is C70H126NO8+. The molecule has 0 aromatic rings. The van der Waals surface area contributed by atoms with E-state index >= 15 is 0 Å². The molecule has 9 nitrogen and oxygen atoms in total. The topological polar surface area (TPSA) is 108 Å². The number of likely N-dealkylation sites (N-methyl/N-ethyl adjacent to an activating group) is 1. The third kappa shape index (κ3) is 62.2. The van der Waals surface area contributed by atoms with Crippen LogP contribution >= 0.6 is 0 Å². The summed E-state index contributed by atoms with van der Waals surface area (Å²) in [6.07, 6.45) is 77.1. The maximum Gasteiger partial charge on any atom is 0.361 e. The van der Waals surface area contributed by atoms with Crippen LogP contribution < -0.4 is 0 Å². The zero-order chi connectivity index (χ0) is 57.6. The van der Waals surface area contributed by atoms with E-state index in [2.05, 4.69) is 86.8 Å². The van der Waals surface area contributed by atoms with Crippen LogP contribution in [-0.4, -0.2) is 87.4 Å². The highest BCUT2D eigenvalue weighted by molar-refractivity contribution is 5.71. The van der Waals surface area contributed by atoms with Crippen LogP contribution in [0.1, 0.15) is 296 Å². The fraction of sp³-hybridized carbons (Fsp3) is 0.786. The first-order valence-electron chi connectivity index (χ1n) is 33.1. The van der Waals surface area contributed by atoms with Gasteiger partial charge in [-0.2, -0.15) is 0 Å². The predicted octanol–water partition coefficient (Wildman–Crippen LogP) is 20.1. The lowest BCUT2D eigenvalue weighted by Crippen LogP contribution is -2.40. The van der Waals surface area contributed by atoms with Crippen molar-refractivity contribution in [3.05, 3.63) is 72.9 Å². The fourth-order valence-corrected chi connectivity index (χ4v) is 9.43. The third-order valence-electron chi connectivity index (χ3n) is 14.5. The van der Waals surface area contributed by atoms with Gasteiger partial charge in [0.2, 0.25) is 0 Å². The molecule has 0 spiro atoms. The monoisotopic (exact) mass is 1110 g/mol. The second-order valence-corrected chi connectivity index (χ2v) is 23.4. The Morgan fingerprint density at radius 3 is 1.08 bits per heavy atom. The van der Waals surface area contributed by atoms with Crippen LogP contribution in [0, 0.1) is 0 Å². The van der Waals surface area contributed by atoms with Crippen molar-refractivity contribution in [2.45, 2.75) is 309 Å². The number of ether oxygens (including phenoxy) is 4. The van der Waals surface area contributed by atoms with Crippen LogP contribution in [0.2, 0.25) is 0 Å². The van der Waals surface area contributed by atoms with Gasteiger partial charge in [0.05, 0.1) is 34.4 Å². The van der Waals surface area contributed by atoms with Crippen molar-refractivity contribution >= 4 is 17.9 Å². The quantitative estimate of drug-likeness (QED) is 0.0211. The summed E-state index contributed by atoms with van der Waals surface area (Å²) in [6.45, 7) is 4.80. The smallest absolute Gasteiger partial charge is 0.361 e. The highest BCUT2D eigenvalue weighted by atomic mass is 16.7. The van der Waals surface area contributed by atoms with E-state index in [0.29, 0.717) is 17.4 Å². The van der Waals surface area contributed by atoms with E-state index in [9.17, 15) is 19.5 Å². The van der Waals surface area contributed by atoms with Crippen LogP contribution in [0.3, 0.4) is 0 Å². The molecule has 0 saturated heterocycles. The van der Waals surface area contributed by atoms with Gasteiger partial charge >= 0.3 is 17.9 Å². The summed E-state index contributed by atoms with van der Waals surface area (Å²) in [7, 11) is 5.98. The van der Waals surface area contributed by atoms with E-state index in [-0.39, 0.29) is 32.2 Å². The van der Waals surface area contributed by atoms with Crippen LogP contribution in [0.5, 0.6) is 0 Å². The number of carboxylic acids is 1. The molecule has 2 unspecified atom stereocenters. The largest absolute Gasteiger partial charge is 0.477 e. The molecule has 0 aliphatic carbocycles. The van der Waals surface area contributed by atoms with Gasteiger partial charge in [0.15, 0.2) is 6.10 Å². The molecule has 0 saturated carbocycles. The number of carbonyl (C=O) groups excluding carboxylic acids is 2. The Kier molecular flexibility index (Phi) is 58.3. The molecule has 0 aliphatic rings. The molecule has 0 radical (unpaired) electrons. The molecule has 0 heterocycles. The van der Waals surface area contributed by atoms with E-state index in [1.54, 1.807) is 0 Å². The van der Waals surface area contributed by atoms with Gasteiger partial charge < -0.3 is 28.5 Å². The second-order valence-electron chi connectivity index (χ2n) is 23.4. The Balaban J connectivity index is 4.15. The standard InChI is InChI=1S/C70H125NO8/c1-6-8-10-12-14-16-18-20-22-24-26-28-30-31-32-33-34-35-36-37-39-41-43-45-47-49-51-53-55-57-59-61-68(73)79-66(65-78-70(69(74)75)76-63-62-71(3,4)5)64-77-67(72)60-58-56-54-52-50-48-46-44-42-40-38-29-27-25-23-21-19-17-15-13-11-9-7-2/h8,10,14,16,20,22,26,28,31-32,34-35,66,70H,6-7,9,11-13,15,17-19,21,23-25,27,29-30,33,36-65H2,1-5H3/p+1/b10-8-,16-14-,22-20-,28-26-,32-31-,35-34-. The number of nitrogens with zero attached hydrogens (tertiary/aromatic N) is 1. The van der Waals surface area contributed by atoms with E-state index in [1.807, 2.05) is 21.1 Å². The summed E-state index contributed by atoms with van der Waals surface area (Å²) in [6, 6.07) is 0. The van der Waals surface area contributed by atoms with Crippen LogP contribution in [0.4, 0.5) is 0 Å². The average Bonchev–Trinajstić information content (AvgIpc) is 3.42. The summed E-state index contributed by atoms with van der Waals surface area (Å²) in [5.41, 5.74) is 0. The maximum absolute atomic E-state index is 12.9. The van der Waals surface area contributed by atoms with Gasteiger partial charge in [0.25, 0.3) is 6.29 Å².